The molecule has 1 aliphatic rings. The number of carboxylic acid groups (broad SMARTS) is 1. The molecule has 1 aliphatic carbocycles. The highest BCUT2D eigenvalue weighted by Crippen LogP contribution is 2.35. The molecule has 6 nitrogen and oxygen atoms in total. The minimum absolute atomic E-state index is 0.0627. The number of nitrogens with zero attached hydrogens (tertiary/aromatic N) is 2. The zero-order chi connectivity index (χ0) is 18.2. The first kappa shape index (κ1) is 17.7. The lowest BCUT2D eigenvalue weighted by Crippen LogP contribution is -2.16. The van der Waals surface area contributed by atoms with Crippen molar-refractivity contribution in [2.45, 2.75) is 50.0 Å². The van der Waals surface area contributed by atoms with Gasteiger partial charge in [-0.05, 0) is 31.9 Å². The van der Waals surface area contributed by atoms with E-state index in [1.165, 1.54) is 12.7 Å². The van der Waals surface area contributed by atoms with Crippen LogP contribution in [0.1, 0.15) is 54.2 Å². The van der Waals surface area contributed by atoms with E-state index in [2.05, 4.69) is 5.10 Å². The third-order valence-corrected chi connectivity index (χ3v) is 5.95. The van der Waals surface area contributed by atoms with Crippen LogP contribution in [0.15, 0.2) is 29.2 Å². The number of carboxylic acids is 1. The molecule has 1 aromatic heterocycles. The van der Waals surface area contributed by atoms with Gasteiger partial charge in [0, 0.05) is 17.4 Å². The molecule has 2 aromatic rings. The Bertz CT molecular complexity index is 892. The zero-order valence-corrected chi connectivity index (χ0v) is 15.2. The second-order valence-electron chi connectivity index (χ2n) is 6.66. The molecule has 7 heteroatoms. The van der Waals surface area contributed by atoms with Gasteiger partial charge >= 0.3 is 5.97 Å². The third kappa shape index (κ3) is 3.46. The van der Waals surface area contributed by atoms with Crippen molar-refractivity contribution in [3.05, 3.63) is 35.5 Å². The Morgan fingerprint density at radius 1 is 1.16 bits per heavy atom. The van der Waals surface area contributed by atoms with E-state index in [4.69, 9.17) is 0 Å². The summed E-state index contributed by atoms with van der Waals surface area (Å²) in [5, 5.41) is 13.8. The van der Waals surface area contributed by atoms with Crippen LogP contribution in [0.25, 0.3) is 11.3 Å². The molecule has 134 valence electrons. The van der Waals surface area contributed by atoms with Gasteiger partial charge in [-0.1, -0.05) is 31.4 Å². The van der Waals surface area contributed by atoms with Crippen molar-refractivity contribution in [3.8, 4) is 11.3 Å². The van der Waals surface area contributed by atoms with Crippen LogP contribution in [-0.4, -0.2) is 35.5 Å². The van der Waals surface area contributed by atoms with Gasteiger partial charge in [-0.2, -0.15) is 5.10 Å². The number of carbonyl (C=O) groups is 1. The maximum absolute atomic E-state index is 11.7. The van der Waals surface area contributed by atoms with E-state index in [9.17, 15) is 18.3 Å². The van der Waals surface area contributed by atoms with E-state index in [0.717, 1.165) is 36.9 Å². The largest absolute Gasteiger partial charge is 0.476 e. The molecule has 25 heavy (non-hydrogen) atoms. The highest BCUT2D eigenvalue weighted by atomic mass is 32.2. The summed E-state index contributed by atoms with van der Waals surface area (Å²) in [5.41, 5.74) is 2.23. The van der Waals surface area contributed by atoms with E-state index < -0.39 is 15.8 Å². The van der Waals surface area contributed by atoms with Gasteiger partial charge in [-0.25, -0.2) is 13.2 Å². The molecule has 0 saturated heterocycles. The molecule has 0 spiro atoms. The fraction of sp³-hybridized carbons (Fsp3) is 0.444. The first-order valence-electron chi connectivity index (χ1n) is 8.42. The van der Waals surface area contributed by atoms with E-state index in [1.54, 1.807) is 31.2 Å². The zero-order valence-electron chi connectivity index (χ0n) is 14.4. The van der Waals surface area contributed by atoms with E-state index in [1.807, 2.05) is 4.68 Å². The summed E-state index contributed by atoms with van der Waals surface area (Å²) in [6.45, 7) is 1.76. The number of benzene rings is 1. The van der Waals surface area contributed by atoms with Crippen LogP contribution >= 0.6 is 0 Å². The van der Waals surface area contributed by atoms with Crippen molar-refractivity contribution < 1.29 is 18.3 Å². The first-order chi connectivity index (χ1) is 11.8. The fourth-order valence-corrected chi connectivity index (χ4v) is 4.15. The third-order valence-electron chi connectivity index (χ3n) is 4.83. The minimum atomic E-state index is -3.27. The van der Waals surface area contributed by atoms with Gasteiger partial charge in [0.1, 0.15) is 0 Å². The number of hydrogen-bond acceptors (Lipinski definition) is 4. The van der Waals surface area contributed by atoms with Crippen molar-refractivity contribution in [3.63, 3.8) is 0 Å². The molecule has 0 atom stereocenters. The summed E-state index contributed by atoms with van der Waals surface area (Å²) in [5.74, 6) is -1.04. The van der Waals surface area contributed by atoms with Gasteiger partial charge in [0.2, 0.25) is 0 Å². The van der Waals surface area contributed by atoms with Crippen LogP contribution in [0.5, 0.6) is 0 Å². The predicted octanol–water partition coefficient (Wildman–Crippen LogP) is 3.47. The Morgan fingerprint density at radius 3 is 2.28 bits per heavy atom. The number of aromatic nitrogens is 2. The smallest absolute Gasteiger partial charge is 0.356 e. The van der Waals surface area contributed by atoms with Crippen molar-refractivity contribution >= 4 is 15.8 Å². The van der Waals surface area contributed by atoms with Gasteiger partial charge < -0.3 is 5.11 Å². The summed E-state index contributed by atoms with van der Waals surface area (Å²) in [4.78, 5) is 11.8. The van der Waals surface area contributed by atoms with Gasteiger partial charge in [-0.3, -0.25) is 4.68 Å². The Morgan fingerprint density at radius 2 is 1.76 bits per heavy atom. The highest BCUT2D eigenvalue weighted by molar-refractivity contribution is 7.90. The monoisotopic (exact) mass is 362 g/mol. The first-order valence-corrected chi connectivity index (χ1v) is 10.3. The maximum atomic E-state index is 11.7. The lowest BCUT2D eigenvalue weighted by molar-refractivity contribution is 0.0688. The van der Waals surface area contributed by atoms with E-state index in [-0.39, 0.29) is 16.6 Å². The SMILES string of the molecule is Cc1c(C(=O)O)nn(C2CCCCC2)c1-c1ccc(S(C)(=O)=O)cc1. The second kappa shape index (κ2) is 6.63. The molecule has 1 heterocycles. The fourth-order valence-electron chi connectivity index (χ4n) is 3.52. The standard InChI is InChI=1S/C18H22N2O4S/c1-12-16(18(21)22)19-20(14-6-4-3-5-7-14)17(12)13-8-10-15(11-9-13)25(2,23)24/h8-11,14H,3-7H2,1-2H3,(H,21,22). The Labute approximate surface area is 147 Å². The molecule has 1 aromatic carbocycles. The molecule has 0 amide bonds. The summed E-state index contributed by atoms with van der Waals surface area (Å²) in [7, 11) is -3.27. The Hall–Kier alpha value is -2.15. The van der Waals surface area contributed by atoms with Crippen LogP contribution in [0.2, 0.25) is 0 Å². The molecule has 0 aliphatic heterocycles. The molecule has 1 N–H and O–H groups in total. The molecule has 0 radical (unpaired) electrons. The van der Waals surface area contributed by atoms with Gasteiger partial charge in [0.15, 0.2) is 15.5 Å². The van der Waals surface area contributed by atoms with Crippen LogP contribution in [0.4, 0.5) is 0 Å². The number of aromatic carboxylic acids is 1. The topological polar surface area (TPSA) is 89.3 Å². The lowest BCUT2D eigenvalue weighted by atomic mass is 9.95. The van der Waals surface area contributed by atoms with Crippen molar-refractivity contribution in [1.29, 1.82) is 0 Å². The van der Waals surface area contributed by atoms with E-state index >= 15 is 0 Å². The van der Waals surface area contributed by atoms with Crippen molar-refractivity contribution in [1.82, 2.24) is 9.78 Å². The lowest BCUT2D eigenvalue weighted by Gasteiger charge is -2.24. The average Bonchev–Trinajstić information content (AvgIpc) is 2.92. The van der Waals surface area contributed by atoms with E-state index in [0.29, 0.717) is 5.56 Å². The number of rotatable bonds is 4. The second-order valence-corrected chi connectivity index (χ2v) is 8.68. The highest BCUT2D eigenvalue weighted by Gasteiger charge is 2.26. The van der Waals surface area contributed by atoms with Crippen LogP contribution < -0.4 is 0 Å². The van der Waals surface area contributed by atoms with Crippen molar-refractivity contribution in [2.75, 3.05) is 6.26 Å². The summed E-state index contributed by atoms with van der Waals surface area (Å²) in [6, 6.07) is 6.76. The average molecular weight is 362 g/mol. The van der Waals surface area contributed by atoms with Gasteiger partial charge in [0.25, 0.3) is 0 Å². The molecular formula is C18H22N2O4S. The summed E-state index contributed by atoms with van der Waals surface area (Å²) < 4.78 is 25.2. The maximum Gasteiger partial charge on any atom is 0.356 e. The van der Waals surface area contributed by atoms with Crippen LogP contribution in [-0.2, 0) is 9.84 Å². The van der Waals surface area contributed by atoms with Crippen LogP contribution in [0.3, 0.4) is 0 Å². The number of sulfone groups is 1. The van der Waals surface area contributed by atoms with Crippen molar-refractivity contribution in [2.24, 2.45) is 0 Å². The Balaban J connectivity index is 2.11. The Kier molecular flexibility index (Phi) is 4.69. The van der Waals surface area contributed by atoms with Gasteiger partial charge in [0.05, 0.1) is 16.6 Å². The molecule has 3 rings (SSSR count). The minimum Gasteiger partial charge on any atom is -0.476 e. The molecule has 0 unspecified atom stereocenters. The summed E-state index contributed by atoms with van der Waals surface area (Å²) >= 11 is 0. The summed E-state index contributed by atoms with van der Waals surface area (Å²) in [6.07, 6.45) is 6.54. The molecule has 1 saturated carbocycles. The van der Waals surface area contributed by atoms with Crippen LogP contribution in [0, 0.1) is 6.92 Å². The van der Waals surface area contributed by atoms with Gasteiger partial charge in [-0.15, -0.1) is 0 Å². The molecular weight excluding hydrogens is 340 g/mol. The molecule has 1 fully saturated rings. The predicted molar refractivity (Wildman–Crippen MR) is 94.6 cm³/mol. The molecule has 0 bridgehead atoms. The normalized spacial score (nSPS) is 16.1. The number of hydrogen-bond donors (Lipinski definition) is 1. The quantitative estimate of drug-likeness (QED) is 0.899.